The summed E-state index contributed by atoms with van der Waals surface area (Å²) >= 11 is 0. The van der Waals surface area contributed by atoms with E-state index in [-0.39, 0.29) is 6.23 Å². The molecule has 3 nitrogen and oxygen atoms in total. The summed E-state index contributed by atoms with van der Waals surface area (Å²) < 4.78 is 5.07. The van der Waals surface area contributed by atoms with Crippen LogP contribution in [0.5, 0.6) is 0 Å². The van der Waals surface area contributed by atoms with Gasteiger partial charge in [0, 0.05) is 6.04 Å². The van der Waals surface area contributed by atoms with E-state index in [0.717, 1.165) is 6.42 Å². The molecule has 11 heavy (non-hydrogen) atoms. The second kappa shape index (κ2) is 5.52. The van der Waals surface area contributed by atoms with Gasteiger partial charge in [0.05, 0.1) is 0 Å². The van der Waals surface area contributed by atoms with Crippen LogP contribution < -0.4 is 5.32 Å². The Morgan fingerprint density at radius 1 is 1.36 bits per heavy atom. The Labute approximate surface area is 68.8 Å². The molecule has 0 aliphatic heterocycles. The third kappa shape index (κ3) is 6.28. The largest absolute Gasteiger partial charge is 0.368 e. The Hall–Kier alpha value is -0.120. The van der Waals surface area contributed by atoms with E-state index in [1.54, 1.807) is 6.92 Å². The van der Waals surface area contributed by atoms with Crippen LogP contribution in [0.3, 0.4) is 0 Å². The lowest BCUT2D eigenvalue weighted by Crippen LogP contribution is -2.37. The summed E-state index contributed by atoms with van der Waals surface area (Å²) in [4.78, 5) is 0. The second-order valence-corrected chi connectivity index (χ2v) is 2.85. The topological polar surface area (TPSA) is 41.5 Å². The number of hydrogen-bond acceptors (Lipinski definition) is 3. The number of nitrogens with one attached hydrogen (secondary N) is 1. The molecule has 3 atom stereocenters. The molecule has 0 fully saturated rings. The normalized spacial score (nSPS) is 19.4. The molecule has 0 aromatic carbocycles. The smallest absolute Gasteiger partial charge is 0.153 e. The van der Waals surface area contributed by atoms with E-state index in [1.807, 2.05) is 6.92 Å². The predicted molar refractivity (Wildman–Crippen MR) is 45.1 cm³/mol. The van der Waals surface area contributed by atoms with Gasteiger partial charge in [0.1, 0.15) is 6.23 Å². The van der Waals surface area contributed by atoms with Crippen molar-refractivity contribution in [1.82, 2.24) is 5.32 Å². The summed E-state index contributed by atoms with van der Waals surface area (Å²) in [6.45, 7) is 7.68. The fourth-order valence-corrected chi connectivity index (χ4v) is 0.853. The predicted octanol–water partition coefficient (Wildman–Crippen LogP) is 1.08. The number of ether oxygens (including phenoxy) is 1. The average Bonchev–Trinajstić information content (AvgIpc) is 1.85. The fraction of sp³-hybridized carbons (Fsp3) is 1.00. The Balaban J connectivity index is 3.43. The molecule has 0 heterocycles. The quantitative estimate of drug-likeness (QED) is 0.593. The lowest BCUT2D eigenvalue weighted by molar-refractivity contribution is -0.129. The summed E-state index contributed by atoms with van der Waals surface area (Å²) in [5.74, 6) is 0. The van der Waals surface area contributed by atoms with E-state index in [2.05, 4.69) is 19.2 Å². The Bertz CT molecular complexity index is 96.1. The van der Waals surface area contributed by atoms with E-state index in [0.29, 0.717) is 6.04 Å². The molecular weight excluding hydrogens is 142 g/mol. The van der Waals surface area contributed by atoms with Crippen LogP contribution in [0.15, 0.2) is 0 Å². The van der Waals surface area contributed by atoms with Gasteiger partial charge in [0.15, 0.2) is 6.29 Å². The highest BCUT2D eigenvalue weighted by Crippen LogP contribution is 1.95. The Morgan fingerprint density at radius 3 is 2.27 bits per heavy atom. The molecule has 0 amide bonds. The molecule has 0 bridgehead atoms. The molecule has 68 valence electrons. The molecule has 0 rings (SSSR count). The maximum Gasteiger partial charge on any atom is 0.153 e. The van der Waals surface area contributed by atoms with E-state index in [9.17, 15) is 0 Å². The van der Waals surface area contributed by atoms with Crippen molar-refractivity contribution in [3.8, 4) is 0 Å². The lowest BCUT2D eigenvalue weighted by atomic mass is 10.2. The monoisotopic (exact) mass is 161 g/mol. The third-order valence-corrected chi connectivity index (χ3v) is 1.53. The van der Waals surface area contributed by atoms with Gasteiger partial charge in [-0.25, -0.2) is 0 Å². The maximum atomic E-state index is 8.85. The number of hydrogen-bond donors (Lipinski definition) is 2. The van der Waals surface area contributed by atoms with Crippen LogP contribution in [0.2, 0.25) is 0 Å². The van der Waals surface area contributed by atoms with Gasteiger partial charge in [-0.3, -0.25) is 5.32 Å². The van der Waals surface area contributed by atoms with E-state index in [4.69, 9.17) is 9.84 Å². The van der Waals surface area contributed by atoms with Gasteiger partial charge in [-0.15, -0.1) is 0 Å². The number of rotatable bonds is 5. The van der Waals surface area contributed by atoms with Gasteiger partial charge in [-0.2, -0.15) is 0 Å². The summed E-state index contributed by atoms with van der Waals surface area (Å²) in [5.41, 5.74) is 0. The molecular formula is C8H19NO2. The highest BCUT2D eigenvalue weighted by molar-refractivity contribution is 4.58. The van der Waals surface area contributed by atoms with Gasteiger partial charge in [0.25, 0.3) is 0 Å². The first-order valence-corrected chi connectivity index (χ1v) is 4.15. The van der Waals surface area contributed by atoms with Crippen LogP contribution in [0.25, 0.3) is 0 Å². The zero-order chi connectivity index (χ0) is 8.85. The molecule has 3 unspecified atom stereocenters. The molecule has 0 aromatic rings. The Kier molecular flexibility index (Phi) is 5.46. The highest BCUT2D eigenvalue weighted by Gasteiger charge is 2.07. The molecule has 0 saturated carbocycles. The van der Waals surface area contributed by atoms with Crippen molar-refractivity contribution in [2.45, 2.75) is 52.7 Å². The van der Waals surface area contributed by atoms with Crippen LogP contribution in [0.1, 0.15) is 34.1 Å². The molecule has 0 radical (unpaired) electrons. The Morgan fingerprint density at radius 2 is 1.91 bits per heavy atom. The molecule has 2 N–H and O–H groups in total. The lowest BCUT2D eigenvalue weighted by Gasteiger charge is -2.20. The van der Waals surface area contributed by atoms with Crippen LogP contribution in [-0.4, -0.2) is 23.7 Å². The molecule has 0 aromatic heterocycles. The third-order valence-electron chi connectivity index (χ3n) is 1.53. The summed E-state index contributed by atoms with van der Waals surface area (Å²) in [5, 5.41) is 12.0. The first-order valence-electron chi connectivity index (χ1n) is 4.15. The minimum Gasteiger partial charge on any atom is -0.368 e. The second-order valence-electron chi connectivity index (χ2n) is 2.85. The molecule has 0 spiro atoms. The van der Waals surface area contributed by atoms with Gasteiger partial charge in [0.2, 0.25) is 0 Å². The van der Waals surface area contributed by atoms with Crippen molar-refractivity contribution < 1.29 is 9.84 Å². The summed E-state index contributed by atoms with van der Waals surface area (Å²) in [6.07, 6.45) is 0.291. The van der Waals surface area contributed by atoms with Gasteiger partial charge < -0.3 is 9.84 Å². The van der Waals surface area contributed by atoms with Crippen molar-refractivity contribution in [1.29, 1.82) is 0 Å². The molecule has 0 saturated heterocycles. The van der Waals surface area contributed by atoms with Crippen molar-refractivity contribution in [2.75, 3.05) is 0 Å². The first-order chi connectivity index (χ1) is 5.06. The van der Waals surface area contributed by atoms with E-state index in [1.165, 1.54) is 0 Å². The van der Waals surface area contributed by atoms with Crippen molar-refractivity contribution in [2.24, 2.45) is 0 Å². The van der Waals surface area contributed by atoms with E-state index >= 15 is 0 Å². The highest BCUT2D eigenvalue weighted by atomic mass is 16.6. The minimum absolute atomic E-state index is 0.0788. The number of aliphatic hydroxyl groups excluding tert-OH is 1. The molecule has 0 aliphatic rings. The van der Waals surface area contributed by atoms with Gasteiger partial charge >= 0.3 is 0 Å². The van der Waals surface area contributed by atoms with Crippen LogP contribution in [-0.2, 0) is 4.74 Å². The average molecular weight is 161 g/mol. The van der Waals surface area contributed by atoms with E-state index < -0.39 is 6.29 Å². The maximum absolute atomic E-state index is 8.85. The molecule has 0 aliphatic carbocycles. The van der Waals surface area contributed by atoms with Crippen LogP contribution in [0.4, 0.5) is 0 Å². The zero-order valence-corrected chi connectivity index (χ0v) is 7.79. The SMILES string of the molecule is CCC(C)NC(C)OC(C)O. The van der Waals surface area contributed by atoms with Gasteiger partial charge in [-0.05, 0) is 27.2 Å². The minimum atomic E-state index is -0.693. The first kappa shape index (κ1) is 10.9. The molecule has 3 heteroatoms. The summed E-state index contributed by atoms with van der Waals surface area (Å²) in [6, 6.07) is 0.434. The van der Waals surface area contributed by atoms with Crippen molar-refractivity contribution in [3.63, 3.8) is 0 Å². The zero-order valence-electron chi connectivity index (χ0n) is 7.79. The van der Waals surface area contributed by atoms with Crippen LogP contribution in [0, 0.1) is 0 Å². The standard InChI is InChI=1S/C8H19NO2/c1-5-6(2)9-7(3)11-8(4)10/h6-10H,5H2,1-4H3. The van der Waals surface area contributed by atoms with Crippen molar-refractivity contribution in [3.05, 3.63) is 0 Å². The summed E-state index contributed by atoms with van der Waals surface area (Å²) in [7, 11) is 0. The van der Waals surface area contributed by atoms with Crippen LogP contribution >= 0.6 is 0 Å². The number of aliphatic hydroxyl groups is 1. The van der Waals surface area contributed by atoms with Crippen molar-refractivity contribution >= 4 is 0 Å². The van der Waals surface area contributed by atoms with Gasteiger partial charge in [-0.1, -0.05) is 6.92 Å². The fourth-order valence-electron chi connectivity index (χ4n) is 0.853.